The highest BCUT2D eigenvalue weighted by Gasteiger charge is 2.23. The van der Waals surface area contributed by atoms with Crippen molar-refractivity contribution in [2.24, 2.45) is 0 Å². The summed E-state index contributed by atoms with van der Waals surface area (Å²) in [6, 6.07) is 18.2. The molecule has 1 amide bonds. The van der Waals surface area contributed by atoms with Crippen molar-refractivity contribution in [3.05, 3.63) is 71.4 Å². The van der Waals surface area contributed by atoms with Crippen LogP contribution in [0, 0.1) is 0 Å². The minimum absolute atomic E-state index is 0.00341. The summed E-state index contributed by atoms with van der Waals surface area (Å²) < 4.78 is 5.48. The van der Waals surface area contributed by atoms with Crippen LogP contribution >= 0.6 is 0 Å². The number of pyridine rings is 1. The van der Waals surface area contributed by atoms with Crippen LogP contribution in [0.4, 0.5) is 0 Å². The Labute approximate surface area is 184 Å². The number of amides is 1. The Morgan fingerprint density at radius 3 is 2.58 bits per heavy atom. The van der Waals surface area contributed by atoms with Gasteiger partial charge in [0.05, 0.1) is 18.2 Å². The Kier molecular flexibility index (Phi) is 6.52. The molecule has 162 valence electrons. The SMILES string of the molecule is COc1ccccc1CN1CCC(NC(=O)c2cc(C(C)C)nc3ccccc23)CC1. The summed E-state index contributed by atoms with van der Waals surface area (Å²) in [4.78, 5) is 20.4. The number of fused-ring (bicyclic) bond motifs is 1. The maximum atomic E-state index is 13.2. The lowest BCUT2D eigenvalue weighted by Gasteiger charge is -2.32. The fourth-order valence-corrected chi connectivity index (χ4v) is 4.25. The van der Waals surface area contributed by atoms with E-state index >= 15 is 0 Å². The van der Waals surface area contributed by atoms with Crippen LogP contribution in [0.3, 0.4) is 0 Å². The zero-order valence-corrected chi connectivity index (χ0v) is 18.6. The maximum Gasteiger partial charge on any atom is 0.252 e. The third-order valence-electron chi connectivity index (χ3n) is 6.08. The van der Waals surface area contributed by atoms with E-state index in [1.807, 2.05) is 42.5 Å². The minimum atomic E-state index is 0.00341. The smallest absolute Gasteiger partial charge is 0.252 e. The highest BCUT2D eigenvalue weighted by Crippen LogP contribution is 2.24. The zero-order valence-electron chi connectivity index (χ0n) is 18.6. The highest BCUT2D eigenvalue weighted by molar-refractivity contribution is 6.06. The van der Waals surface area contributed by atoms with E-state index in [1.165, 1.54) is 5.56 Å². The van der Waals surface area contributed by atoms with Crippen molar-refractivity contribution in [2.75, 3.05) is 20.2 Å². The number of hydrogen-bond acceptors (Lipinski definition) is 4. The average molecular weight is 418 g/mol. The van der Waals surface area contributed by atoms with Crippen molar-refractivity contribution in [3.63, 3.8) is 0 Å². The number of aromatic nitrogens is 1. The molecule has 2 aromatic carbocycles. The first-order valence-corrected chi connectivity index (χ1v) is 11.1. The van der Waals surface area contributed by atoms with Gasteiger partial charge in [0.1, 0.15) is 5.75 Å². The van der Waals surface area contributed by atoms with Crippen molar-refractivity contribution in [3.8, 4) is 5.75 Å². The molecular formula is C26H31N3O2. The van der Waals surface area contributed by atoms with Crippen LogP contribution in [0.2, 0.25) is 0 Å². The fraction of sp³-hybridized carbons (Fsp3) is 0.385. The highest BCUT2D eigenvalue weighted by atomic mass is 16.5. The third-order valence-corrected chi connectivity index (χ3v) is 6.08. The third kappa shape index (κ3) is 4.88. The number of ether oxygens (including phenoxy) is 1. The van der Waals surface area contributed by atoms with E-state index in [-0.39, 0.29) is 17.9 Å². The second-order valence-corrected chi connectivity index (χ2v) is 8.60. The number of methoxy groups -OCH3 is 1. The Morgan fingerprint density at radius 1 is 1.13 bits per heavy atom. The number of benzene rings is 2. The number of likely N-dealkylation sites (tertiary alicyclic amines) is 1. The van der Waals surface area contributed by atoms with Crippen LogP contribution in [0.1, 0.15) is 54.2 Å². The van der Waals surface area contributed by atoms with Gasteiger partial charge < -0.3 is 10.1 Å². The lowest BCUT2D eigenvalue weighted by Crippen LogP contribution is -2.44. The van der Waals surface area contributed by atoms with Crippen molar-refractivity contribution in [2.45, 2.75) is 45.2 Å². The molecule has 5 nitrogen and oxygen atoms in total. The van der Waals surface area contributed by atoms with Crippen LogP contribution in [-0.2, 0) is 6.54 Å². The van der Waals surface area contributed by atoms with Crippen LogP contribution < -0.4 is 10.1 Å². The Hall–Kier alpha value is -2.92. The summed E-state index contributed by atoms with van der Waals surface area (Å²) in [5.74, 6) is 1.21. The predicted octanol–water partition coefficient (Wildman–Crippen LogP) is 4.76. The molecule has 1 aromatic heterocycles. The van der Waals surface area contributed by atoms with Gasteiger partial charge in [-0.1, -0.05) is 50.2 Å². The van der Waals surface area contributed by atoms with Gasteiger partial charge in [0.25, 0.3) is 5.91 Å². The molecule has 1 aliphatic rings. The van der Waals surface area contributed by atoms with Crippen LogP contribution in [0.15, 0.2) is 54.6 Å². The Balaban J connectivity index is 1.42. The molecule has 0 unspecified atom stereocenters. The van der Waals surface area contributed by atoms with E-state index in [1.54, 1.807) is 7.11 Å². The van der Waals surface area contributed by atoms with E-state index in [0.29, 0.717) is 0 Å². The lowest BCUT2D eigenvalue weighted by molar-refractivity contribution is 0.0910. The van der Waals surface area contributed by atoms with Crippen LogP contribution in [0.25, 0.3) is 10.9 Å². The molecule has 1 N–H and O–H groups in total. The van der Waals surface area contributed by atoms with Gasteiger partial charge in [-0.05, 0) is 37.0 Å². The molecule has 1 fully saturated rings. The molecule has 0 aliphatic carbocycles. The van der Waals surface area contributed by atoms with Gasteiger partial charge in [-0.25, -0.2) is 0 Å². The van der Waals surface area contributed by atoms with Crippen molar-refractivity contribution in [1.29, 1.82) is 0 Å². The van der Waals surface area contributed by atoms with Crippen LogP contribution in [0.5, 0.6) is 5.75 Å². The molecule has 0 saturated carbocycles. The summed E-state index contributed by atoms with van der Waals surface area (Å²) in [6.45, 7) is 7.00. The maximum absolute atomic E-state index is 13.2. The summed E-state index contributed by atoms with van der Waals surface area (Å²) in [5.41, 5.74) is 3.77. The van der Waals surface area contributed by atoms with E-state index < -0.39 is 0 Å². The molecule has 1 saturated heterocycles. The number of rotatable bonds is 6. The Morgan fingerprint density at radius 2 is 1.84 bits per heavy atom. The number of nitrogens with one attached hydrogen (secondary N) is 1. The fourth-order valence-electron chi connectivity index (χ4n) is 4.25. The molecule has 5 heteroatoms. The molecule has 2 heterocycles. The molecule has 0 bridgehead atoms. The molecule has 31 heavy (non-hydrogen) atoms. The number of hydrogen-bond donors (Lipinski definition) is 1. The van der Waals surface area contributed by atoms with E-state index in [9.17, 15) is 4.79 Å². The lowest BCUT2D eigenvalue weighted by atomic mass is 10.0. The Bertz CT molecular complexity index is 1060. The number of carbonyl (C=O) groups is 1. The largest absolute Gasteiger partial charge is 0.496 e. The molecule has 0 spiro atoms. The second kappa shape index (κ2) is 9.48. The van der Waals surface area contributed by atoms with Gasteiger partial charge in [0.2, 0.25) is 0 Å². The summed E-state index contributed by atoms with van der Waals surface area (Å²) in [5, 5.41) is 4.20. The van der Waals surface area contributed by atoms with Gasteiger partial charge in [-0.2, -0.15) is 0 Å². The predicted molar refractivity (Wildman–Crippen MR) is 125 cm³/mol. The summed E-state index contributed by atoms with van der Waals surface area (Å²) in [7, 11) is 1.72. The topological polar surface area (TPSA) is 54.5 Å². The number of para-hydroxylation sites is 2. The standard InChI is InChI=1S/C26H31N3O2/c1-18(2)24-16-22(21-9-5-6-10-23(21)28-24)26(30)27-20-12-14-29(15-13-20)17-19-8-4-7-11-25(19)31-3/h4-11,16,18,20H,12-15,17H2,1-3H3,(H,27,30). The number of carbonyl (C=O) groups excluding carboxylic acids is 1. The van der Waals surface area contributed by atoms with Crippen LogP contribution in [-0.4, -0.2) is 42.0 Å². The van der Waals surface area contributed by atoms with Crippen molar-refractivity contribution < 1.29 is 9.53 Å². The molecule has 3 aromatic rings. The second-order valence-electron chi connectivity index (χ2n) is 8.60. The van der Waals surface area contributed by atoms with Gasteiger partial charge in [0, 0.05) is 42.3 Å². The number of nitrogens with zero attached hydrogens (tertiary/aromatic N) is 2. The first-order chi connectivity index (χ1) is 15.0. The summed E-state index contributed by atoms with van der Waals surface area (Å²) in [6.07, 6.45) is 1.89. The van der Waals surface area contributed by atoms with Crippen molar-refractivity contribution >= 4 is 16.8 Å². The van der Waals surface area contributed by atoms with Crippen molar-refractivity contribution in [1.82, 2.24) is 15.2 Å². The molecule has 4 rings (SSSR count). The quantitative estimate of drug-likeness (QED) is 0.628. The average Bonchev–Trinajstić information content (AvgIpc) is 2.79. The van der Waals surface area contributed by atoms with E-state index in [2.05, 4.69) is 36.2 Å². The first-order valence-electron chi connectivity index (χ1n) is 11.1. The minimum Gasteiger partial charge on any atom is -0.496 e. The molecule has 0 radical (unpaired) electrons. The van der Waals surface area contributed by atoms with Gasteiger partial charge in [-0.3, -0.25) is 14.7 Å². The van der Waals surface area contributed by atoms with E-state index in [0.717, 1.165) is 60.4 Å². The van der Waals surface area contributed by atoms with E-state index in [4.69, 9.17) is 9.72 Å². The summed E-state index contributed by atoms with van der Waals surface area (Å²) >= 11 is 0. The van der Waals surface area contributed by atoms with Gasteiger partial charge in [-0.15, -0.1) is 0 Å². The monoisotopic (exact) mass is 417 g/mol. The normalized spacial score (nSPS) is 15.4. The zero-order chi connectivity index (χ0) is 21.8. The molecular weight excluding hydrogens is 386 g/mol. The van der Waals surface area contributed by atoms with Gasteiger partial charge in [0.15, 0.2) is 0 Å². The molecule has 1 aliphatic heterocycles. The molecule has 0 atom stereocenters. The first kappa shape index (κ1) is 21.3. The van der Waals surface area contributed by atoms with Gasteiger partial charge >= 0.3 is 0 Å². The number of piperidine rings is 1.